The summed E-state index contributed by atoms with van der Waals surface area (Å²) in [4.78, 5) is 65.0. The van der Waals surface area contributed by atoms with Gasteiger partial charge in [-0.05, 0) is 242 Å². The summed E-state index contributed by atoms with van der Waals surface area (Å²) < 4.78 is 306. The molecule has 10 heterocycles. The van der Waals surface area contributed by atoms with Crippen LogP contribution in [0.1, 0.15) is 109 Å². The number of likely N-dealkylation sites (N-methyl/N-ethyl adjacent to an activating group) is 5. The summed E-state index contributed by atoms with van der Waals surface area (Å²) in [6.07, 6.45) is -5.37. The van der Waals surface area contributed by atoms with Gasteiger partial charge in [0, 0.05) is 134 Å². The number of sulfonamides is 5. The molecule has 150 heavy (non-hydrogen) atoms. The molecule has 0 bridgehead atoms. The number of thiophene rings is 4. The molecule has 49 heteroatoms. The van der Waals surface area contributed by atoms with Crippen molar-refractivity contribution in [2.24, 2.45) is 0 Å². The number of nitrogens with zero attached hydrogens (tertiary/aromatic N) is 6. The molecular formula is C101H113F9N6O25S9. The smallest absolute Gasteiger partial charge is 0.416 e. The summed E-state index contributed by atoms with van der Waals surface area (Å²) in [6, 6.07) is 35.3. The summed E-state index contributed by atoms with van der Waals surface area (Å²) in [6.45, 7) is 15.3. The van der Waals surface area contributed by atoms with Gasteiger partial charge >= 0.3 is 48.4 Å². The van der Waals surface area contributed by atoms with E-state index in [4.69, 9.17) is 47.4 Å². The Labute approximate surface area is 881 Å². The maximum Gasteiger partial charge on any atom is 0.416 e. The SMILES string of the molecule is CCOC(=O)/C=C/c1ccc(-c2cc(C(F)(F)F)cc(S(=O)(=O)N(C)C[C@H]3CO3)c2)s1.CCOC(=O)/C=C/c1ccc(-c2cccc(S(=O)(=O)N(C)C[C@H]3CO3)c2)s1.CCOC(=O)CCc1cccc(-c2cnc(S(=O)(=O)N(C)C[C@H]3CO3)c(CC)c2)c1.CCOC(=O)CCc1ccsc1-c1cc(C(F)(F)F)cc(S(=O)(=O)N(C)C[C@H]2CO2)c1.CCOC(=O)CCc1sccc1-c1cc(C(F)(F)F)cc(S(=O)(=O)N(C)C[C@H]2CO2)c1. The van der Waals surface area contributed by atoms with E-state index in [1.54, 1.807) is 114 Å². The van der Waals surface area contributed by atoms with Crippen molar-refractivity contribution >= 4 is 137 Å². The number of hydrogen-bond acceptors (Lipinski definition) is 30. The molecule has 5 saturated heterocycles. The van der Waals surface area contributed by atoms with E-state index in [-0.39, 0.29) is 134 Å². The molecule has 0 spiro atoms. The molecule has 5 aromatic carbocycles. The standard InChI is InChI=1S/C22H28N2O5S.C20H20F3NO5S2.2C20H22F3NO5S2.C19H21NO5S2/c1-4-17-12-19(13-23-22(17)30(26,27)24(3)14-20-15-29-20)18-8-6-7-16(11-18)9-10-21(25)28-5-2;1-3-28-19(25)7-5-16-4-6-18(30-16)13-8-14(20(21,22)23)10-17(9-13)31(26,27)24(2)11-15-12-29-15;1-3-28-19(25)5-4-18-17(6-7-30-18)13-8-14(20(21,22)23)10-16(9-13)31(26,27)24(2)11-15-12-29-15;1-3-28-18(25)5-4-13-6-7-30-19(13)14-8-15(20(21,22)23)10-17(9-14)31(26,27)24(2)11-16-12-29-16;1-3-24-19(21)10-8-16-7-9-18(26-16)14-5-4-6-17(11-14)27(22,23)20(2)12-15-13-25-15/h6-8,11-13,20H,4-5,9-10,14-15H2,1-3H3;4-10,15H,3,11-12H2,1-2H3;6-10,15H,3-5,11-12H2,1-2H3;6-10,16H,3-5,11-12H2,1-2H3;4-11,15H,3,12-13H2,1-2H3/b;7-5+;;;10-8+/t20-;2*15-;16-;15-/m00000/s1. The Hall–Kier alpha value is -10.4. The Balaban J connectivity index is 0.000000178. The number of aryl methyl sites for hydroxylation is 4. The maximum atomic E-state index is 13.6. The van der Waals surface area contributed by atoms with Gasteiger partial charge in [-0.1, -0.05) is 43.3 Å². The lowest BCUT2D eigenvalue weighted by Crippen LogP contribution is -2.31. The fraction of sp³-hybridized carbons (Fsp3) is 0.406. The van der Waals surface area contributed by atoms with E-state index >= 15 is 0 Å². The number of halogens is 9. The van der Waals surface area contributed by atoms with Crippen LogP contribution < -0.4 is 0 Å². The number of aromatic nitrogens is 1. The van der Waals surface area contributed by atoms with Gasteiger partial charge in [0.25, 0.3) is 10.0 Å². The van der Waals surface area contributed by atoms with Crippen molar-refractivity contribution in [3.8, 4) is 53.6 Å². The molecule has 31 nitrogen and oxygen atoms in total. The Morgan fingerprint density at radius 3 is 1.19 bits per heavy atom. The first-order chi connectivity index (χ1) is 70.8. The Morgan fingerprint density at radius 2 is 0.753 bits per heavy atom. The normalized spacial score (nSPS) is 16.5. The molecule has 0 N–H and O–H groups in total. The molecule has 5 aliphatic rings. The van der Waals surface area contributed by atoms with E-state index < -0.39 is 118 Å². The van der Waals surface area contributed by atoms with Gasteiger partial charge in [-0.3, -0.25) is 14.4 Å². The van der Waals surface area contributed by atoms with Gasteiger partial charge in [-0.15, -0.1) is 45.3 Å². The van der Waals surface area contributed by atoms with Gasteiger partial charge in [0.15, 0.2) is 5.03 Å². The van der Waals surface area contributed by atoms with Crippen LogP contribution in [-0.4, -0.2) is 263 Å². The number of hydrogen-bond donors (Lipinski definition) is 0. The molecule has 5 atom stereocenters. The number of carbonyl (C=O) groups is 5. The van der Waals surface area contributed by atoms with Crippen molar-refractivity contribution in [3.05, 3.63) is 223 Å². The van der Waals surface area contributed by atoms with Crippen molar-refractivity contribution in [2.45, 2.75) is 160 Å². The third-order valence-corrected chi connectivity index (χ3v) is 36.1. The topological polar surface area (TPSA) is 394 Å². The number of benzene rings is 5. The molecule has 0 amide bonds. The molecule has 10 aromatic rings. The van der Waals surface area contributed by atoms with Crippen LogP contribution >= 0.6 is 45.3 Å². The number of rotatable bonds is 44. The summed E-state index contributed by atoms with van der Waals surface area (Å²) >= 11 is 5.07. The van der Waals surface area contributed by atoms with Crippen LogP contribution in [0.5, 0.6) is 0 Å². The molecule has 0 aliphatic carbocycles. The monoisotopic (exact) mass is 2270 g/mol. The number of esters is 5. The minimum atomic E-state index is -4.72. The zero-order chi connectivity index (χ0) is 110. The van der Waals surface area contributed by atoms with Crippen LogP contribution in [0, 0.1) is 0 Å². The van der Waals surface area contributed by atoms with Crippen LogP contribution in [0.15, 0.2) is 199 Å². The van der Waals surface area contributed by atoms with Gasteiger partial charge in [-0.25, -0.2) is 56.7 Å². The fourth-order valence-corrected chi connectivity index (χ4v) is 24.6. The number of ether oxygens (including phenoxy) is 10. The zero-order valence-electron chi connectivity index (χ0n) is 83.3. The van der Waals surface area contributed by atoms with E-state index in [2.05, 4.69) is 4.98 Å². The van der Waals surface area contributed by atoms with E-state index in [1.807, 2.05) is 55.5 Å². The second kappa shape index (κ2) is 53.0. The minimum absolute atomic E-state index is 0.000928. The second-order valence-corrected chi connectivity index (χ2v) is 48.5. The Bertz CT molecular complexity index is 6890. The van der Waals surface area contributed by atoms with Crippen LogP contribution in [-0.2, 0) is 166 Å². The van der Waals surface area contributed by atoms with E-state index in [0.29, 0.717) is 133 Å². The largest absolute Gasteiger partial charge is 0.466 e. The highest BCUT2D eigenvalue weighted by molar-refractivity contribution is 7.90. The van der Waals surface area contributed by atoms with Crippen LogP contribution in [0.4, 0.5) is 39.5 Å². The van der Waals surface area contributed by atoms with Crippen molar-refractivity contribution in [3.63, 3.8) is 0 Å². The molecule has 0 saturated carbocycles. The average Bonchev–Trinajstić information content (AvgIpc) is 1.51. The van der Waals surface area contributed by atoms with Crippen molar-refractivity contribution in [1.82, 2.24) is 26.5 Å². The Kier molecular flexibility index (Phi) is 42.3. The van der Waals surface area contributed by atoms with E-state index in [9.17, 15) is 106 Å². The van der Waals surface area contributed by atoms with E-state index in [1.165, 1.54) is 100 Å². The highest BCUT2D eigenvalue weighted by Gasteiger charge is 2.41. The first kappa shape index (κ1) is 120. The lowest BCUT2D eigenvalue weighted by molar-refractivity contribution is -0.144. The highest BCUT2D eigenvalue weighted by atomic mass is 32.2. The molecule has 814 valence electrons. The number of carbonyl (C=O) groups excluding carboxylic acids is 5. The van der Waals surface area contributed by atoms with Crippen LogP contribution in [0.2, 0.25) is 0 Å². The minimum Gasteiger partial charge on any atom is -0.466 e. The quantitative estimate of drug-likeness (QED) is 0.0112. The summed E-state index contributed by atoms with van der Waals surface area (Å²) in [5.41, 5.74) is 2.61. The average molecular weight is 2270 g/mol. The first-order valence-corrected chi connectivity index (χ1v) is 57.6. The number of epoxide rings is 5. The molecule has 0 radical (unpaired) electrons. The third kappa shape index (κ3) is 34.8. The van der Waals surface area contributed by atoms with Gasteiger partial charge in [0.2, 0.25) is 40.1 Å². The Morgan fingerprint density at radius 1 is 0.380 bits per heavy atom. The van der Waals surface area contributed by atoms with E-state index in [0.717, 1.165) is 74.5 Å². The maximum absolute atomic E-state index is 13.6. The lowest BCUT2D eigenvalue weighted by Gasteiger charge is -2.18. The predicted molar refractivity (Wildman–Crippen MR) is 547 cm³/mol. The molecule has 0 unspecified atom stereocenters. The lowest BCUT2D eigenvalue weighted by atomic mass is 10.0. The van der Waals surface area contributed by atoms with Gasteiger partial charge < -0.3 is 47.4 Å². The van der Waals surface area contributed by atoms with Gasteiger partial charge in [0.05, 0.1) is 139 Å². The van der Waals surface area contributed by atoms with Crippen molar-refractivity contribution < 1.29 is 153 Å². The summed E-state index contributed by atoms with van der Waals surface area (Å²) in [7, 11) is -12.6. The van der Waals surface area contributed by atoms with Crippen LogP contribution in [0.3, 0.4) is 0 Å². The van der Waals surface area contributed by atoms with Crippen LogP contribution in [0.25, 0.3) is 65.7 Å². The van der Waals surface area contributed by atoms with Gasteiger partial charge in [-0.2, -0.15) is 61.0 Å². The summed E-state index contributed by atoms with van der Waals surface area (Å²) in [5.74, 6) is -1.95. The number of pyridine rings is 1. The second-order valence-electron chi connectivity index (χ2n) is 34.2. The number of alkyl halides is 9. The van der Waals surface area contributed by atoms with Gasteiger partial charge in [0.1, 0.15) is 0 Å². The van der Waals surface area contributed by atoms with Crippen molar-refractivity contribution in [2.75, 3.05) is 134 Å². The molecule has 5 aromatic heterocycles. The zero-order valence-corrected chi connectivity index (χ0v) is 90.7. The third-order valence-electron chi connectivity index (χ3n) is 22.8. The molecule has 15 rings (SSSR count). The van der Waals surface area contributed by atoms with Crippen molar-refractivity contribution in [1.29, 1.82) is 0 Å². The first-order valence-electron chi connectivity index (χ1n) is 47.0. The fourth-order valence-electron chi connectivity index (χ4n) is 14.5. The highest BCUT2D eigenvalue weighted by Crippen LogP contribution is 2.44. The predicted octanol–water partition coefficient (Wildman–Crippen LogP) is 17.8. The molecule has 5 aliphatic heterocycles. The molecule has 5 fully saturated rings. The summed E-state index contributed by atoms with van der Waals surface area (Å²) in [5, 5.41) is 3.48. The molecular weight excluding hydrogens is 2160 g/mol.